The number of hydrogen-bond donors (Lipinski definition) is 0. The second kappa shape index (κ2) is 5.80. The molecule has 0 aliphatic carbocycles. The van der Waals surface area contributed by atoms with Gasteiger partial charge in [0.15, 0.2) is 0 Å². The van der Waals surface area contributed by atoms with Gasteiger partial charge in [-0.15, -0.1) is 0 Å². The second-order valence-corrected chi connectivity index (χ2v) is 4.85. The van der Waals surface area contributed by atoms with Gasteiger partial charge in [0.05, 0.1) is 11.2 Å². The van der Waals surface area contributed by atoms with E-state index in [2.05, 4.69) is 59.8 Å². The van der Waals surface area contributed by atoms with E-state index in [9.17, 15) is 0 Å². The first-order valence-electron chi connectivity index (χ1n) is 7.18. The topological polar surface area (TPSA) is 16.1 Å². The molecule has 0 radical (unpaired) electrons. The Morgan fingerprint density at radius 2 is 1.76 bits per heavy atom. The lowest BCUT2D eigenvalue weighted by Crippen LogP contribution is -2.17. The van der Waals surface area contributed by atoms with Crippen molar-refractivity contribution in [3.63, 3.8) is 0 Å². The molecule has 1 heterocycles. The number of aromatic nitrogens is 1. The van der Waals surface area contributed by atoms with Gasteiger partial charge in [-0.2, -0.15) is 0 Å². The van der Waals surface area contributed by atoms with E-state index in [4.69, 9.17) is 0 Å². The summed E-state index contributed by atoms with van der Waals surface area (Å²) < 4.78 is 0. The number of fused-ring (bicyclic) bond motifs is 1. The molecule has 0 unspecified atom stereocenters. The maximum absolute atomic E-state index is 4.45. The van der Waals surface area contributed by atoms with Crippen molar-refractivity contribution in [3.05, 3.63) is 72.9 Å². The summed E-state index contributed by atoms with van der Waals surface area (Å²) in [5.74, 6) is 0. The van der Waals surface area contributed by atoms with Crippen LogP contribution in [0.15, 0.2) is 67.4 Å². The lowest BCUT2D eigenvalue weighted by Gasteiger charge is -2.26. The lowest BCUT2D eigenvalue weighted by molar-refractivity contribution is 1.03. The molecule has 2 aromatic carbocycles. The molecule has 0 atom stereocenters. The molecule has 21 heavy (non-hydrogen) atoms. The number of para-hydroxylation sites is 2. The molecule has 3 rings (SSSR count). The van der Waals surface area contributed by atoms with Crippen molar-refractivity contribution in [1.82, 2.24) is 4.98 Å². The van der Waals surface area contributed by atoms with Gasteiger partial charge in [-0.1, -0.05) is 49.1 Å². The second-order valence-electron chi connectivity index (χ2n) is 4.85. The minimum Gasteiger partial charge on any atom is -0.341 e. The van der Waals surface area contributed by atoms with Crippen molar-refractivity contribution in [1.29, 1.82) is 0 Å². The molecule has 2 heteroatoms. The zero-order valence-corrected chi connectivity index (χ0v) is 12.2. The fraction of sp³-hybridized carbons (Fsp3) is 0.105. The van der Waals surface area contributed by atoms with E-state index >= 15 is 0 Å². The van der Waals surface area contributed by atoms with Crippen molar-refractivity contribution in [3.8, 4) is 0 Å². The van der Waals surface area contributed by atoms with Crippen LogP contribution < -0.4 is 4.90 Å². The highest BCUT2D eigenvalue weighted by Crippen LogP contribution is 2.33. The normalized spacial score (nSPS) is 10.5. The molecule has 104 valence electrons. The number of pyridine rings is 1. The van der Waals surface area contributed by atoms with E-state index in [0.29, 0.717) is 0 Å². The molecule has 0 N–H and O–H groups in total. The predicted molar refractivity (Wildman–Crippen MR) is 91.0 cm³/mol. The van der Waals surface area contributed by atoms with Crippen LogP contribution in [0, 0.1) is 0 Å². The van der Waals surface area contributed by atoms with E-state index < -0.39 is 0 Å². The van der Waals surface area contributed by atoms with Crippen LogP contribution in [0.4, 0.5) is 11.4 Å². The molecule has 0 aliphatic rings. The molecule has 0 spiro atoms. The van der Waals surface area contributed by atoms with Crippen LogP contribution in [0.3, 0.4) is 0 Å². The van der Waals surface area contributed by atoms with Crippen molar-refractivity contribution in [2.75, 3.05) is 11.4 Å². The molecule has 0 aliphatic heterocycles. The van der Waals surface area contributed by atoms with Crippen LogP contribution >= 0.6 is 0 Å². The molecule has 0 saturated carbocycles. The van der Waals surface area contributed by atoms with Crippen LogP contribution in [-0.4, -0.2) is 11.5 Å². The smallest absolute Gasteiger partial charge is 0.0722 e. The first-order valence-corrected chi connectivity index (χ1v) is 7.18. The van der Waals surface area contributed by atoms with E-state index in [1.165, 1.54) is 16.8 Å². The highest BCUT2D eigenvalue weighted by Gasteiger charge is 2.12. The SMILES string of the molecule is C=Cc1ccccc1N(CC)c1ccnc2ccccc12. The molecule has 0 saturated heterocycles. The van der Waals surface area contributed by atoms with Crippen LogP contribution in [0.2, 0.25) is 0 Å². The zero-order valence-electron chi connectivity index (χ0n) is 12.2. The summed E-state index contributed by atoms with van der Waals surface area (Å²) >= 11 is 0. The summed E-state index contributed by atoms with van der Waals surface area (Å²) in [6, 6.07) is 18.7. The minimum absolute atomic E-state index is 0.888. The Balaban J connectivity index is 2.21. The number of benzene rings is 2. The summed E-state index contributed by atoms with van der Waals surface area (Å²) in [5.41, 5.74) is 4.51. The third-order valence-electron chi connectivity index (χ3n) is 3.68. The fourth-order valence-corrected chi connectivity index (χ4v) is 2.69. The third kappa shape index (κ3) is 2.40. The first-order chi connectivity index (χ1) is 10.3. The van der Waals surface area contributed by atoms with Crippen molar-refractivity contribution >= 4 is 28.4 Å². The molecule has 3 aromatic rings. The van der Waals surface area contributed by atoms with Crippen LogP contribution in [0.25, 0.3) is 17.0 Å². The average Bonchev–Trinajstić information content (AvgIpc) is 2.56. The molecular formula is C19H18N2. The number of hydrogen-bond acceptors (Lipinski definition) is 2. The van der Waals surface area contributed by atoms with Crippen molar-refractivity contribution in [2.24, 2.45) is 0 Å². The summed E-state index contributed by atoms with van der Waals surface area (Å²) in [5, 5.41) is 1.17. The quantitative estimate of drug-likeness (QED) is 0.663. The van der Waals surface area contributed by atoms with Gasteiger partial charge in [0.1, 0.15) is 0 Å². The molecule has 0 amide bonds. The summed E-state index contributed by atoms with van der Waals surface area (Å²) in [4.78, 5) is 6.75. The Hall–Kier alpha value is -2.61. The van der Waals surface area contributed by atoms with Gasteiger partial charge in [0.2, 0.25) is 0 Å². The largest absolute Gasteiger partial charge is 0.341 e. The maximum atomic E-state index is 4.45. The van der Waals surface area contributed by atoms with Gasteiger partial charge in [-0.3, -0.25) is 4.98 Å². The Morgan fingerprint density at radius 3 is 2.57 bits per heavy atom. The van der Waals surface area contributed by atoms with Crippen LogP contribution in [-0.2, 0) is 0 Å². The zero-order chi connectivity index (χ0) is 14.7. The molecule has 1 aromatic heterocycles. The average molecular weight is 274 g/mol. The summed E-state index contributed by atoms with van der Waals surface area (Å²) in [6.45, 7) is 6.97. The number of anilines is 2. The Morgan fingerprint density at radius 1 is 1.00 bits per heavy atom. The molecule has 0 bridgehead atoms. The van der Waals surface area contributed by atoms with E-state index in [0.717, 1.165) is 17.6 Å². The maximum Gasteiger partial charge on any atom is 0.0722 e. The molecule has 2 nitrogen and oxygen atoms in total. The van der Waals surface area contributed by atoms with Crippen molar-refractivity contribution in [2.45, 2.75) is 6.92 Å². The van der Waals surface area contributed by atoms with E-state index in [-0.39, 0.29) is 0 Å². The summed E-state index contributed by atoms with van der Waals surface area (Å²) in [6.07, 6.45) is 3.78. The van der Waals surface area contributed by atoms with E-state index in [1.54, 1.807) is 0 Å². The first kappa shape index (κ1) is 13.4. The van der Waals surface area contributed by atoms with Gasteiger partial charge in [0.25, 0.3) is 0 Å². The Bertz CT molecular complexity index is 772. The van der Waals surface area contributed by atoms with Gasteiger partial charge >= 0.3 is 0 Å². The lowest BCUT2D eigenvalue weighted by atomic mass is 10.1. The molecular weight excluding hydrogens is 256 g/mol. The third-order valence-corrected chi connectivity index (χ3v) is 3.68. The van der Waals surface area contributed by atoms with Crippen molar-refractivity contribution < 1.29 is 0 Å². The highest BCUT2D eigenvalue weighted by molar-refractivity contribution is 5.94. The monoisotopic (exact) mass is 274 g/mol. The van der Waals surface area contributed by atoms with Gasteiger partial charge < -0.3 is 4.90 Å². The van der Waals surface area contributed by atoms with Gasteiger partial charge in [0, 0.05) is 23.8 Å². The minimum atomic E-state index is 0.888. The number of rotatable bonds is 4. The predicted octanol–water partition coefficient (Wildman–Crippen LogP) is 5.04. The Kier molecular flexibility index (Phi) is 3.69. The Labute approximate surface area is 125 Å². The van der Waals surface area contributed by atoms with Gasteiger partial charge in [-0.25, -0.2) is 0 Å². The molecule has 0 fully saturated rings. The van der Waals surface area contributed by atoms with Gasteiger partial charge in [-0.05, 0) is 30.7 Å². The standard InChI is InChI=1S/C19H18N2/c1-3-15-9-5-8-12-18(15)21(4-2)19-13-14-20-17-11-7-6-10-16(17)19/h3,5-14H,1,4H2,2H3. The summed E-state index contributed by atoms with van der Waals surface area (Å²) in [7, 11) is 0. The van der Waals surface area contributed by atoms with E-state index in [1.807, 2.05) is 30.5 Å². The fourth-order valence-electron chi connectivity index (χ4n) is 2.69. The highest BCUT2D eigenvalue weighted by atomic mass is 15.1. The van der Waals surface area contributed by atoms with Crippen LogP contribution in [0.5, 0.6) is 0 Å². The van der Waals surface area contributed by atoms with Crippen LogP contribution in [0.1, 0.15) is 12.5 Å². The number of nitrogens with zero attached hydrogens (tertiary/aromatic N) is 2.